The Morgan fingerprint density at radius 2 is 2.00 bits per heavy atom. The van der Waals surface area contributed by atoms with Crippen molar-refractivity contribution >= 4 is 0 Å². The number of likely N-dealkylation sites (N-methyl/N-ethyl adjacent to an activating group) is 1. The summed E-state index contributed by atoms with van der Waals surface area (Å²) in [6, 6.07) is 0. The van der Waals surface area contributed by atoms with Gasteiger partial charge in [-0.05, 0) is 38.6 Å². The molecule has 3 heteroatoms. The lowest BCUT2D eigenvalue weighted by atomic mass is 9.77. The third-order valence-corrected chi connectivity index (χ3v) is 4.49. The van der Waals surface area contributed by atoms with Crippen molar-refractivity contribution in [2.24, 2.45) is 11.7 Å². The maximum absolute atomic E-state index is 6.17. The summed E-state index contributed by atoms with van der Waals surface area (Å²) in [7, 11) is 0. The van der Waals surface area contributed by atoms with Gasteiger partial charge in [0.25, 0.3) is 0 Å². The molecule has 2 N–H and O–H groups in total. The lowest BCUT2D eigenvalue weighted by Crippen LogP contribution is -2.61. The second-order valence-electron chi connectivity index (χ2n) is 6.44. The Hall–Kier alpha value is -0.120. The van der Waals surface area contributed by atoms with Crippen LogP contribution in [0.5, 0.6) is 0 Å². The quantitative estimate of drug-likeness (QED) is 0.794. The monoisotopic (exact) mass is 256 g/mol. The fourth-order valence-electron chi connectivity index (χ4n) is 3.22. The molecule has 2 unspecified atom stereocenters. The van der Waals surface area contributed by atoms with Crippen molar-refractivity contribution in [2.45, 2.75) is 65.0 Å². The molecule has 0 amide bonds. The van der Waals surface area contributed by atoms with E-state index >= 15 is 0 Å². The summed E-state index contributed by atoms with van der Waals surface area (Å²) in [6.07, 6.45) is 3.20. The molecule has 1 aliphatic rings. The zero-order valence-corrected chi connectivity index (χ0v) is 13.0. The van der Waals surface area contributed by atoms with Gasteiger partial charge in [-0.25, -0.2) is 0 Å². The van der Waals surface area contributed by atoms with Crippen LogP contribution in [0.15, 0.2) is 0 Å². The van der Waals surface area contributed by atoms with Gasteiger partial charge in [-0.15, -0.1) is 0 Å². The summed E-state index contributed by atoms with van der Waals surface area (Å²) in [5.74, 6) is 0.684. The molecule has 18 heavy (non-hydrogen) atoms. The van der Waals surface area contributed by atoms with E-state index in [0.717, 1.165) is 45.5 Å². The zero-order valence-electron chi connectivity index (χ0n) is 13.0. The Kier molecular flexibility index (Phi) is 5.63. The number of rotatable bonds is 6. The van der Waals surface area contributed by atoms with Crippen molar-refractivity contribution in [3.8, 4) is 0 Å². The Balaban J connectivity index is 2.88. The smallest absolute Gasteiger partial charge is 0.0670 e. The average Bonchev–Trinajstić information content (AvgIpc) is 2.35. The predicted molar refractivity (Wildman–Crippen MR) is 77.8 cm³/mol. The third kappa shape index (κ3) is 3.46. The van der Waals surface area contributed by atoms with E-state index in [1.807, 2.05) is 0 Å². The van der Waals surface area contributed by atoms with Crippen LogP contribution in [-0.4, -0.2) is 42.3 Å². The number of ether oxygens (including phenoxy) is 1. The van der Waals surface area contributed by atoms with E-state index in [1.165, 1.54) is 0 Å². The minimum Gasteiger partial charge on any atom is -0.375 e. The van der Waals surface area contributed by atoms with Gasteiger partial charge < -0.3 is 10.5 Å². The molecular formula is C15H32N2O. The second-order valence-corrected chi connectivity index (χ2v) is 6.44. The van der Waals surface area contributed by atoms with E-state index < -0.39 is 0 Å². The van der Waals surface area contributed by atoms with Gasteiger partial charge in [0.05, 0.1) is 5.60 Å². The molecule has 1 fully saturated rings. The highest BCUT2D eigenvalue weighted by Gasteiger charge is 2.44. The molecule has 0 bridgehead atoms. The van der Waals surface area contributed by atoms with E-state index in [1.54, 1.807) is 0 Å². The molecule has 0 saturated carbocycles. The largest absolute Gasteiger partial charge is 0.375 e. The maximum atomic E-state index is 6.17. The van der Waals surface area contributed by atoms with Crippen molar-refractivity contribution in [1.29, 1.82) is 0 Å². The van der Waals surface area contributed by atoms with Crippen LogP contribution in [0.2, 0.25) is 0 Å². The van der Waals surface area contributed by atoms with Crippen molar-refractivity contribution < 1.29 is 4.74 Å². The molecule has 1 heterocycles. The first kappa shape index (κ1) is 15.9. The van der Waals surface area contributed by atoms with Crippen molar-refractivity contribution in [3.63, 3.8) is 0 Å². The van der Waals surface area contributed by atoms with Gasteiger partial charge in [-0.3, -0.25) is 4.90 Å². The molecule has 0 aromatic carbocycles. The van der Waals surface area contributed by atoms with E-state index in [0.29, 0.717) is 5.92 Å². The normalized spacial score (nSPS) is 33.3. The highest BCUT2D eigenvalue weighted by atomic mass is 16.5. The molecule has 1 saturated heterocycles. The number of nitrogens with two attached hydrogens (primary N) is 1. The van der Waals surface area contributed by atoms with Crippen LogP contribution >= 0.6 is 0 Å². The van der Waals surface area contributed by atoms with E-state index in [4.69, 9.17) is 10.5 Å². The molecule has 0 spiro atoms. The van der Waals surface area contributed by atoms with Crippen molar-refractivity contribution in [2.75, 3.05) is 26.2 Å². The van der Waals surface area contributed by atoms with Crippen LogP contribution in [-0.2, 0) is 4.74 Å². The molecule has 2 atom stereocenters. The molecule has 108 valence electrons. The van der Waals surface area contributed by atoms with Gasteiger partial charge in [0, 0.05) is 25.2 Å². The fraction of sp³-hybridized carbons (Fsp3) is 1.00. The van der Waals surface area contributed by atoms with Gasteiger partial charge in [0.2, 0.25) is 0 Å². The minimum atomic E-state index is 0.00200. The van der Waals surface area contributed by atoms with Gasteiger partial charge in [-0.2, -0.15) is 0 Å². The van der Waals surface area contributed by atoms with E-state index in [9.17, 15) is 0 Å². The number of nitrogens with zero attached hydrogens (tertiary/aromatic N) is 1. The van der Waals surface area contributed by atoms with Crippen LogP contribution in [0.1, 0.15) is 53.9 Å². The summed E-state index contributed by atoms with van der Waals surface area (Å²) < 4.78 is 5.99. The second kappa shape index (κ2) is 6.36. The summed E-state index contributed by atoms with van der Waals surface area (Å²) in [5, 5.41) is 0. The van der Waals surface area contributed by atoms with Gasteiger partial charge in [0.1, 0.15) is 0 Å². The Morgan fingerprint density at radius 3 is 2.44 bits per heavy atom. The topological polar surface area (TPSA) is 38.5 Å². The number of hydrogen-bond donors (Lipinski definition) is 1. The van der Waals surface area contributed by atoms with Crippen LogP contribution in [0, 0.1) is 5.92 Å². The van der Waals surface area contributed by atoms with Gasteiger partial charge in [0.15, 0.2) is 0 Å². The van der Waals surface area contributed by atoms with Crippen molar-refractivity contribution in [1.82, 2.24) is 4.90 Å². The Labute approximate surface area is 113 Å². The molecule has 1 aliphatic heterocycles. The lowest BCUT2D eigenvalue weighted by molar-refractivity contribution is -0.129. The van der Waals surface area contributed by atoms with E-state index in [2.05, 4.69) is 39.5 Å². The maximum Gasteiger partial charge on any atom is 0.0670 e. The first-order chi connectivity index (χ1) is 8.41. The summed E-state index contributed by atoms with van der Waals surface area (Å²) in [4.78, 5) is 2.59. The molecule has 0 aliphatic carbocycles. The summed E-state index contributed by atoms with van der Waals surface area (Å²) >= 11 is 0. The standard InChI is InChI=1S/C15H32N2O/c1-6-14(5)11-15(12-16,8-9-18-14)17(7-2)10-13(3)4/h13H,6-12,16H2,1-5H3. The fourth-order valence-corrected chi connectivity index (χ4v) is 3.22. The van der Waals surface area contributed by atoms with E-state index in [-0.39, 0.29) is 11.1 Å². The first-order valence-electron chi connectivity index (χ1n) is 7.50. The van der Waals surface area contributed by atoms with Crippen LogP contribution < -0.4 is 5.73 Å². The highest BCUT2D eigenvalue weighted by molar-refractivity contribution is 5.00. The lowest BCUT2D eigenvalue weighted by Gasteiger charge is -2.52. The zero-order chi connectivity index (χ0) is 13.8. The van der Waals surface area contributed by atoms with Crippen LogP contribution in [0.4, 0.5) is 0 Å². The molecule has 0 radical (unpaired) electrons. The SMILES string of the molecule is CCN(CC(C)C)C1(CN)CCOC(C)(CC)C1. The average molecular weight is 256 g/mol. The molecule has 0 aromatic rings. The molecular weight excluding hydrogens is 224 g/mol. The Morgan fingerprint density at radius 1 is 1.33 bits per heavy atom. The van der Waals surface area contributed by atoms with Crippen molar-refractivity contribution in [3.05, 3.63) is 0 Å². The first-order valence-corrected chi connectivity index (χ1v) is 7.50. The summed E-state index contributed by atoms with van der Waals surface area (Å²) in [6.45, 7) is 15.1. The number of hydrogen-bond acceptors (Lipinski definition) is 3. The highest BCUT2D eigenvalue weighted by Crippen LogP contribution is 2.38. The van der Waals surface area contributed by atoms with Crippen LogP contribution in [0.3, 0.4) is 0 Å². The molecule has 1 rings (SSSR count). The van der Waals surface area contributed by atoms with Gasteiger partial charge >= 0.3 is 0 Å². The van der Waals surface area contributed by atoms with Gasteiger partial charge in [-0.1, -0.05) is 27.7 Å². The third-order valence-electron chi connectivity index (χ3n) is 4.49. The molecule has 3 nitrogen and oxygen atoms in total. The summed E-state index contributed by atoms with van der Waals surface area (Å²) in [5.41, 5.74) is 6.31. The Bertz CT molecular complexity index is 257. The molecule has 0 aromatic heterocycles. The predicted octanol–water partition coefficient (Wildman–Crippen LogP) is 2.64. The minimum absolute atomic E-state index is 0.00200. The van der Waals surface area contributed by atoms with Crippen LogP contribution in [0.25, 0.3) is 0 Å².